The van der Waals surface area contributed by atoms with Crippen LogP contribution in [0.15, 0.2) is 115 Å². The number of rotatable bonds is 2. The summed E-state index contributed by atoms with van der Waals surface area (Å²) in [6, 6.07) is 37.7. The minimum absolute atomic E-state index is 0. The average molecular weight is 672 g/mol. The van der Waals surface area contributed by atoms with E-state index in [1.54, 1.807) is 0 Å². The standard InChI is InChI=1S/C17H15N4.C15H10N.Ir/c1-20-14-9-5-3-7-12(14)18-16(20)11-17-19-13-8-4-6-10-15(13)21(17)2;1-2-6-12(7-3-1)15-10-13-8-4-5-9-14(13)11-16-15;/h3-11H,1-2H3;1-6,8-11H;/q2*-1;/b16-11+;;. The second-order valence-electron chi connectivity index (χ2n) is 8.87. The number of fused-ring (bicyclic) bond motifs is 3. The predicted octanol–water partition coefficient (Wildman–Crippen LogP) is 7.73. The number of nitrogens with zero attached hydrogens (tertiary/aromatic N) is 5. The molecule has 2 aromatic heterocycles. The third-order valence-electron chi connectivity index (χ3n) is 6.52. The Bertz CT molecular complexity index is 1740. The molecule has 5 nitrogen and oxygen atoms in total. The summed E-state index contributed by atoms with van der Waals surface area (Å²) in [5.41, 5.74) is 6.27. The molecule has 7 rings (SSSR count). The van der Waals surface area contributed by atoms with Crippen LogP contribution >= 0.6 is 0 Å². The molecule has 1 aliphatic heterocycles. The van der Waals surface area contributed by atoms with Crippen molar-refractivity contribution in [1.82, 2.24) is 14.5 Å². The van der Waals surface area contributed by atoms with Gasteiger partial charge in [0.15, 0.2) is 0 Å². The number of para-hydroxylation sites is 4. The summed E-state index contributed by atoms with van der Waals surface area (Å²) in [5, 5.41) is 7.05. The molecule has 0 amide bonds. The average Bonchev–Trinajstić information content (AvgIpc) is 3.45. The number of hydrogen-bond acceptors (Lipinski definition) is 3. The second-order valence-corrected chi connectivity index (χ2v) is 8.87. The van der Waals surface area contributed by atoms with Gasteiger partial charge in [-0.3, -0.25) is 0 Å². The summed E-state index contributed by atoms with van der Waals surface area (Å²) in [6.07, 6.45) is 3.94. The summed E-state index contributed by atoms with van der Waals surface area (Å²) in [5.74, 6) is 1.82. The number of imidazole rings is 1. The third kappa shape index (κ3) is 4.97. The van der Waals surface area contributed by atoms with Crippen molar-refractivity contribution in [2.75, 3.05) is 11.9 Å². The maximum absolute atomic E-state index is 4.67. The van der Waals surface area contributed by atoms with Crippen molar-refractivity contribution >= 4 is 39.3 Å². The Labute approximate surface area is 235 Å². The number of benzene rings is 4. The third-order valence-corrected chi connectivity index (χ3v) is 6.52. The molecule has 0 aliphatic carbocycles. The van der Waals surface area contributed by atoms with Crippen LogP contribution < -0.4 is 4.90 Å². The van der Waals surface area contributed by atoms with E-state index in [0.29, 0.717) is 0 Å². The van der Waals surface area contributed by atoms with Crippen LogP contribution in [0.4, 0.5) is 11.4 Å². The van der Waals surface area contributed by atoms with E-state index in [1.807, 2.05) is 99.2 Å². The molecule has 0 spiro atoms. The van der Waals surface area contributed by atoms with Crippen LogP contribution in [0, 0.1) is 6.07 Å². The van der Waals surface area contributed by atoms with Gasteiger partial charge in [0, 0.05) is 33.3 Å². The number of aromatic nitrogens is 3. The molecule has 38 heavy (non-hydrogen) atoms. The number of aryl methyl sites for hydroxylation is 1. The summed E-state index contributed by atoms with van der Waals surface area (Å²) < 4.78 is 2.09. The van der Waals surface area contributed by atoms with Crippen LogP contribution in [-0.2, 0) is 27.2 Å². The van der Waals surface area contributed by atoms with Gasteiger partial charge in [0.2, 0.25) is 0 Å². The van der Waals surface area contributed by atoms with Crippen LogP contribution in [0.3, 0.4) is 0 Å². The van der Waals surface area contributed by atoms with Crippen molar-refractivity contribution in [3.8, 4) is 11.3 Å². The predicted molar refractivity (Wildman–Crippen MR) is 153 cm³/mol. The van der Waals surface area contributed by atoms with Crippen molar-refractivity contribution in [1.29, 1.82) is 0 Å². The van der Waals surface area contributed by atoms with Crippen LogP contribution in [-0.4, -0.2) is 21.6 Å². The minimum Gasteiger partial charge on any atom is -0.446 e. The van der Waals surface area contributed by atoms with Crippen molar-refractivity contribution in [3.63, 3.8) is 0 Å². The van der Waals surface area contributed by atoms with Gasteiger partial charge in [-0.1, -0.05) is 79.6 Å². The van der Waals surface area contributed by atoms with E-state index in [-0.39, 0.29) is 20.1 Å². The number of pyridine rings is 1. The van der Waals surface area contributed by atoms with Gasteiger partial charge in [-0.15, -0.1) is 35.9 Å². The summed E-state index contributed by atoms with van der Waals surface area (Å²) in [6.45, 7) is 0. The van der Waals surface area contributed by atoms with Gasteiger partial charge >= 0.3 is 0 Å². The zero-order chi connectivity index (χ0) is 25.2. The van der Waals surface area contributed by atoms with E-state index in [4.69, 9.17) is 0 Å². The molecular formula is C32H25IrN5-2. The fraction of sp³-hybridized carbons (Fsp3) is 0.0625. The molecule has 1 radical (unpaired) electrons. The molecule has 3 heterocycles. The number of hydrogen-bond donors (Lipinski definition) is 0. The van der Waals surface area contributed by atoms with Gasteiger partial charge in [-0.05, 0) is 46.0 Å². The molecule has 0 saturated carbocycles. The monoisotopic (exact) mass is 672 g/mol. The van der Waals surface area contributed by atoms with Gasteiger partial charge in [-0.2, -0.15) is 0 Å². The number of anilines is 1. The van der Waals surface area contributed by atoms with Crippen molar-refractivity contribution in [2.45, 2.75) is 0 Å². The normalized spacial score (nSPS) is 13.0. The Hall–Kier alpha value is -4.25. The first-order valence-electron chi connectivity index (χ1n) is 12.2. The smallest absolute Gasteiger partial charge is 0.133 e. The van der Waals surface area contributed by atoms with E-state index >= 15 is 0 Å². The molecule has 0 saturated heterocycles. The fourth-order valence-electron chi connectivity index (χ4n) is 4.49. The molecule has 6 aromatic rings. The molecule has 0 fully saturated rings. The molecular weight excluding hydrogens is 647 g/mol. The summed E-state index contributed by atoms with van der Waals surface area (Å²) in [4.78, 5) is 11.2. The van der Waals surface area contributed by atoms with Crippen molar-refractivity contribution in [2.24, 2.45) is 7.05 Å². The van der Waals surface area contributed by atoms with Crippen LogP contribution in [0.2, 0.25) is 0 Å². The first-order valence-corrected chi connectivity index (χ1v) is 12.2. The maximum Gasteiger partial charge on any atom is 0.133 e. The van der Waals surface area contributed by atoms with Crippen LogP contribution in [0.1, 0.15) is 5.82 Å². The first-order chi connectivity index (χ1) is 18.2. The van der Waals surface area contributed by atoms with E-state index in [0.717, 1.165) is 45.3 Å². The molecule has 0 N–H and O–H groups in total. The van der Waals surface area contributed by atoms with Gasteiger partial charge in [0.1, 0.15) is 5.82 Å². The Morgan fingerprint density at radius 3 is 2.34 bits per heavy atom. The molecule has 4 aromatic carbocycles. The zero-order valence-electron chi connectivity index (χ0n) is 21.0. The molecule has 6 heteroatoms. The first kappa shape index (κ1) is 25.4. The molecule has 0 atom stereocenters. The maximum atomic E-state index is 4.67. The minimum atomic E-state index is 0. The van der Waals surface area contributed by atoms with E-state index in [9.17, 15) is 0 Å². The Kier molecular flexibility index (Phi) is 7.36. The van der Waals surface area contributed by atoms with E-state index in [2.05, 4.69) is 61.1 Å². The molecule has 189 valence electrons. The molecule has 0 bridgehead atoms. The van der Waals surface area contributed by atoms with Crippen molar-refractivity contribution < 1.29 is 20.1 Å². The largest absolute Gasteiger partial charge is 0.446 e. The SMILES string of the molecule is CN1/C(=C/c2nc3ccccc3n2C)[N-]c2ccccc21.[Ir].[c-]1ccccc1-c1cc2ccccc2cn1. The fourth-order valence-corrected chi connectivity index (χ4v) is 4.49. The Morgan fingerprint density at radius 1 is 0.816 bits per heavy atom. The van der Waals surface area contributed by atoms with Gasteiger partial charge < -0.3 is 19.8 Å². The quantitative estimate of drug-likeness (QED) is 0.177. The summed E-state index contributed by atoms with van der Waals surface area (Å²) in [7, 11) is 4.06. The zero-order valence-corrected chi connectivity index (χ0v) is 23.4. The van der Waals surface area contributed by atoms with Gasteiger partial charge in [0.05, 0.1) is 11.0 Å². The van der Waals surface area contributed by atoms with E-state index < -0.39 is 0 Å². The molecule has 1 aliphatic rings. The van der Waals surface area contributed by atoms with Crippen molar-refractivity contribution in [3.05, 3.63) is 132 Å². The Balaban J connectivity index is 0.000000156. The Morgan fingerprint density at radius 2 is 1.55 bits per heavy atom. The second kappa shape index (κ2) is 11.0. The van der Waals surface area contributed by atoms with Gasteiger partial charge in [0.25, 0.3) is 0 Å². The summed E-state index contributed by atoms with van der Waals surface area (Å²) >= 11 is 0. The topological polar surface area (TPSA) is 48.1 Å². The van der Waals surface area contributed by atoms with Crippen LogP contribution in [0.5, 0.6) is 0 Å². The molecule has 0 unspecified atom stereocenters. The van der Waals surface area contributed by atoms with E-state index in [1.165, 1.54) is 10.8 Å². The van der Waals surface area contributed by atoms with Gasteiger partial charge in [-0.25, -0.2) is 4.98 Å². The van der Waals surface area contributed by atoms with Crippen LogP contribution in [0.25, 0.3) is 44.5 Å².